The molecule has 2 N–H and O–H groups in total. The predicted molar refractivity (Wildman–Crippen MR) is 166 cm³/mol. The van der Waals surface area contributed by atoms with Gasteiger partial charge in [-0.2, -0.15) is 0 Å². The molecule has 206 valence electrons. The second-order valence-corrected chi connectivity index (χ2v) is 12.1. The second kappa shape index (κ2) is 12.5. The van der Waals surface area contributed by atoms with Crippen LogP contribution in [0, 0.1) is 0 Å². The molecule has 0 saturated carbocycles. The molecule has 2 amide bonds. The molecule has 1 aromatic heterocycles. The molecule has 0 aliphatic carbocycles. The zero-order chi connectivity index (χ0) is 28.1. The van der Waals surface area contributed by atoms with Gasteiger partial charge in [0.15, 0.2) is 0 Å². The first-order valence-corrected chi connectivity index (χ1v) is 15.5. The molecule has 5 rings (SSSR count). The van der Waals surface area contributed by atoms with Gasteiger partial charge in [-0.05, 0) is 54.7 Å². The monoisotopic (exact) mass is 590 g/mol. The number of piperidine rings is 1. The summed E-state index contributed by atoms with van der Waals surface area (Å²) in [5.74, 6) is 1.33. The summed E-state index contributed by atoms with van der Waals surface area (Å²) in [6.07, 6.45) is 2.03. The molecule has 1 aliphatic heterocycles. The van der Waals surface area contributed by atoms with Crippen molar-refractivity contribution in [3.05, 3.63) is 100 Å². The summed E-state index contributed by atoms with van der Waals surface area (Å²) in [5.41, 5.74) is 8.88. The van der Waals surface area contributed by atoms with Gasteiger partial charge < -0.3 is 14.8 Å². The number of nitrogens with two attached hydrogens (primary N) is 1. The number of halogens is 1. The summed E-state index contributed by atoms with van der Waals surface area (Å²) in [6.45, 7) is 3.02. The Kier molecular flexibility index (Phi) is 8.84. The molecule has 40 heavy (non-hydrogen) atoms. The van der Waals surface area contributed by atoms with E-state index in [9.17, 15) is 9.59 Å². The van der Waals surface area contributed by atoms with Crippen molar-refractivity contribution in [2.24, 2.45) is 5.73 Å². The smallest absolute Gasteiger partial charge is 0.263 e. The average Bonchev–Trinajstić information content (AvgIpc) is 3.43. The second-order valence-electron chi connectivity index (χ2n) is 9.87. The highest BCUT2D eigenvalue weighted by Gasteiger charge is 2.42. The van der Waals surface area contributed by atoms with Gasteiger partial charge in [-0.25, -0.2) is 0 Å². The molecule has 0 radical (unpaired) electrons. The molecule has 1 fully saturated rings. The summed E-state index contributed by atoms with van der Waals surface area (Å²) in [6, 6.07) is 27.2. The maximum atomic E-state index is 13.8. The van der Waals surface area contributed by atoms with Gasteiger partial charge in [0.25, 0.3) is 5.91 Å². The molecule has 1 saturated heterocycles. The van der Waals surface area contributed by atoms with E-state index in [1.165, 1.54) is 23.4 Å². The van der Waals surface area contributed by atoms with Crippen LogP contribution in [0.1, 0.15) is 41.4 Å². The SMILES string of the molecule is CCCSOc1ccc(-c2cc(C(=O)N3CCC(C(N)=O)(c4ccccc4)CC3)sc2-c2ccccc2Cl)cc1. The molecule has 3 aromatic carbocycles. The van der Waals surface area contributed by atoms with Gasteiger partial charge in [-0.15, -0.1) is 11.3 Å². The molecule has 4 aromatic rings. The number of hydrogen-bond donors (Lipinski definition) is 1. The van der Waals surface area contributed by atoms with Gasteiger partial charge in [0.1, 0.15) is 5.75 Å². The van der Waals surface area contributed by atoms with Crippen LogP contribution in [0.5, 0.6) is 5.75 Å². The first kappa shape index (κ1) is 28.3. The van der Waals surface area contributed by atoms with Crippen molar-refractivity contribution >= 4 is 46.8 Å². The van der Waals surface area contributed by atoms with Crippen molar-refractivity contribution in [2.45, 2.75) is 31.6 Å². The number of nitrogens with zero attached hydrogens (tertiary/aromatic N) is 1. The van der Waals surface area contributed by atoms with Gasteiger partial charge in [-0.3, -0.25) is 9.59 Å². The lowest BCUT2D eigenvalue weighted by Crippen LogP contribution is -2.51. The van der Waals surface area contributed by atoms with Crippen LogP contribution < -0.4 is 9.92 Å². The van der Waals surface area contributed by atoms with E-state index in [1.807, 2.05) is 89.8 Å². The molecular formula is C32H31ClN2O3S2. The van der Waals surface area contributed by atoms with E-state index >= 15 is 0 Å². The van der Waals surface area contributed by atoms with E-state index in [-0.39, 0.29) is 11.8 Å². The quantitative estimate of drug-likeness (QED) is 0.159. The molecule has 0 atom stereocenters. The van der Waals surface area contributed by atoms with E-state index in [0.29, 0.717) is 35.8 Å². The number of amides is 2. The first-order valence-electron chi connectivity index (χ1n) is 13.4. The lowest BCUT2D eigenvalue weighted by molar-refractivity contribution is -0.125. The van der Waals surface area contributed by atoms with Crippen molar-refractivity contribution in [3.63, 3.8) is 0 Å². The number of hydrogen-bond acceptors (Lipinski definition) is 5. The predicted octanol–water partition coefficient (Wildman–Crippen LogP) is 7.83. The van der Waals surface area contributed by atoms with Gasteiger partial charge in [-0.1, -0.05) is 79.2 Å². The summed E-state index contributed by atoms with van der Waals surface area (Å²) < 4.78 is 5.76. The molecular weight excluding hydrogens is 560 g/mol. The Morgan fingerprint density at radius 1 is 0.975 bits per heavy atom. The number of primary amides is 1. The third-order valence-corrected chi connectivity index (χ3v) is 9.74. The van der Waals surface area contributed by atoms with E-state index in [0.717, 1.165) is 45.1 Å². The normalized spacial score (nSPS) is 14.6. The number of thiophene rings is 1. The van der Waals surface area contributed by atoms with E-state index in [4.69, 9.17) is 21.5 Å². The maximum Gasteiger partial charge on any atom is 0.263 e. The Morgan fingerprint density at radius 3 is 2.30 bits per heavy atom. The zero-order valence-corrected chi connectivity index (χ0v) is 24.7. The Balaban J connectivity index is 1.43. The topological polar surface area (TPSA) is 72.6 Å². The Morgan fingerprint density at radius 2 is 1.65 bits per heavy atom. The number of benzene rings is 3. The van der Waals surface area contributed by atoms with Crippen LogP contribution in [-0.2, 0) is 10.2 Å². The molecule has 8 heteroatoms. The van der Waals surface area contributed by atoms with Crippen LogP contribution in [0.2, 0.25) is 5.02 Å². The fourth-order valence-corrected chi connectivity index (χ4v) is 7.09. The third kappa shape index (κ3) is 5.78. The van der Waals surface area contributed by atoms with Crippen molar-refractivity contribution in [2.75, 3.05) is 18.8 Å². The highest BCUT2D eigenvalue weighted by Crippen LogP contribution is 2.43. The Hall–Kier alpha value is -3.26. The fraction of sp³-hybridized carbons (Fsp3) is 0.250. The van der Waals surface area contributed by atoms with E-state index < -0.39 is 5.41 Å². The molecule has 1 aliphatic rings. The summed E-state index contributed by atoms with van der Waals surface area (Å²) in [7, 11) is 0. The standard InChI is InChI=1S/C32H31ClN2O3S2/c1-2-20-39-38-24-14-12-22(13-15-24)26-21-28(40-29(26)25-10-6-7-11-27(25)33)30(36)35-18-16-32(17-19-35,31(34)37)23-8-4-3-5-9-23/h3-15,21H,2,16-20H2,1H3,(H2,34,37). The first-order chi connectivity index (χ1) is 19.4. The number of likely N-dealkylation sites (tertiary alicyclic amines) is 1. The van der Waals surface area contributed by atoms with Crippen LogP contribution in [0.25, 0.3) is 21.6 Å². The zero-order valence-electron chi connectivity index (χ0n) is 22.3. The maximum absolute atomic E-state index is 13.8. The van der Waals surface area contributed by atoms with Crippen LogP contribution >= 0.6 is 35.0 Å². The molecule has 0 bridgehead atoms. The summed E-state index contributed by atoms with van der Waals surface area (Å²) in [4.78, 5) is 29.8. The highest BCUT2D eigenvalue weighted by molar-refractivity contribution is 7.95. The van der Waals surface area contributed by atoms with E-state index in [2.05, 4.69) is 6.92 Å². The van der Waals surface area contributed by atoms with Gasteiger partial charge in [0.05, 0.1) is 22.3 Å². The highest BCUT2D eigenvalue weighted by atomic mass is 35.5. The van der Waals surface area contributed by atoms with Gasteiger partial charge in [0, 0.05) is 39.9 Å². The summed E-state index contributed by atoms with van der Waals surface area (Å²) in [5, 5.41) is 0.632. The third-order valence-electron chi connectivity index (χ3n) is 7.37. The molecule has 2 heterocycles. The minimum atomic E-state index is -0.763. The van der Waals surface area contributed by atoms with Crippen molar-refractivity contribution in [3.8, 4) is 27.3 Å². The molecule has 5 nitrogen and oxygen atoms in total. The van der Waals surface area contributed by atoms with Crippen molar-refractivity contribution < 1.29 is 13.8 Å². The van der Waals surface area contributed by atoms with Gasteiger partial charge >= 0.3 is 0 Å². The van der Waals surface area contributed by atoms with E-state index in [1.54, 1.807) is 0 Å². The minimum Gasteiger partial charge on any atom is -0.426 e. The summed E-state index contributed by atoms with van der Waals surface area (Å²) >= 11 is 9.50. The fourth-order valence-electron chi connectivity index (χ4n) is 5.12. The lowest BCUT2D eigenvalue weighted by Gasteiger charge is -2.40. The van der Waals surface area contributed by atoms with Crippen LogP contribution in [0.15, 0.2) is 84.9 Å². The Bertz CT molecular complexity index is 1480. The average molecular weight is 591 g/mol. The molecule has 0 unspecified atom stereocenters. The number of carbonyl (C=O) groups is 2. The van der Waals surface area contributed by atoms with Crippen LogP contribution in [0.3, 0.4) is 0 Å². The number of carbonyl (C=O) groups excluding carboxylic acids is 2. The minimum absolute atomic E-state index is 0.0494. The number of rotatable bonds is 9. The van der Waals surface area contributed by atoms with Crippen LogP contribution in [-0.4, -0.2) is 35.6 Å². The van der Waals surface area contributed by atoms with Crippen LogP contribution in [0.4, 0.5) is 0 Å². The lowest BCUT2D eigenvalue weighted by atomic mass is 9.72. The van der Waals surface area contributed by atoms with Crippen molar-refractivity contribution in [1.29, 1.82) is 0 Å². The Labute approximate surface area is 248 Å². The van der Waals surface area contributed by atoms with Crippen molar-refractivity contribution in [1.82, 2.24) is 4.90 Å². The van der Waals surface area contributed by atoms with Gasteiger partial charge in [0.2, 0.25) is 5.91 Å². The largest absolute Gasteiger partial charge is 0.426 e. The molecule has 0 spiro atoms.